The highest BCUT2D eigenvalue weighted by Crippen LogP contribution is 2.40. The fourth-order valence-corrected chi connectivity index (χ4v) is 3.29. The minimum Gasteiger partial charge on any atom is -0.508 e. The molecule has 3 N–H and O–H groups in total. The number of phenols is 1. The number of ketones is 1. The predicted molar refractivity (Wildman–Crippen MR) is 108 cm³/mol. The first kappa shape index (κ1) is 20.7. The number of aliphatic hydroxyl groups excluding tert-OH is 2. The number of rotatable bonds is 5. The minimum absolute atomic E-state index is 0.0948. The van der Waals surface area contributed by atoms with Crippen LogP contribution in [0.2, 0.25) is 0 Å². The second-order valence-electron chi connectivity index (χ2n) is 7.72. The van der Waals surface area contributed by atoms with Crippen LogP contribution < -0.4 is 0 Å². The van der Waals surface area contributed by atoms with Crippen molar-refractivity contribution in [3.63, 3.8) is 0 Å². The number of carbonyl (C=O) groups is 1. The van der Waals surface area contributed by atoms with Gasteiger partial charge in [0.25, 0.3) is 0 Å². The first-order valence-electron chi connectivity index (χ1n) is 9.10. The number of hydrogen-bond donors (Lipinski definition) is 3. The van der Waals surface area contributed by atoms with Crippen molar-refractivity contribution in [3.05, 3.63) is 70.5 Å². The lowest BCUT2D eigenvalue weighted by Crippen LogP contribution is -2.27. The molecule has 0 aromatic heterocycles. The number of benzene rings is 1. The molecule has 4 heteroatoms. The van der Waals surface area contributed by atoms with Crippen molar-refractivity contribution in [2.45, 2.75) is 46.6 Å². The first-order valence-corrected chi connectivity index (χ1v) is 9.10. The van der Waals surface area contributed by atoms with E-state index in [-0.39, 0.29) is 22.7 Å². The second-order valence-corrected chi connectivity index (χ2v) is 7.72. The van der Waals surface area contributed by atoms with Gasteiger partial charge in [0, 0.05) is 6.08 Å². The van der Waals surface area contributed by atoms with E-state index in [1.54, 1.807) is 37.3 Å². The summed E-state index contributed by atoms with van der Waals surface area (Å²) in [6, 6.07) is 5.09. The monoisotopic (exact) mass is 368 g/mol. The van der Waals surface area contributed by atoms with Gasteiger partial charge in [0.05, 0.1) is 6.10 Å². The Morgan fingerprint density at radius 3 is 2.56 bits per heavy atom. The zero-order chi connectivity index (χ0) is 20.2. The van der Waals surface area contributed by atoms with Crippen LogP contribution in [0.15, 0.2) is 59.4 Å². The first-order chi connectivity index (χ1) is 12.6. The topological polar surface area (TPSA) is 77.8 Å². The summed E-state index contributed by atoms with van der Waals surface area (Å²) in [5.74, 6) is -0.258. The summed E-state index contributed by atoms with van der Waals surface area (Å²) in [4.78, 5) is 12.1. The summed E-state index contributed by atoms with van der Waals surface area (Å²) in [5.41, 5.74) is 3.32. The van der Waals surface area contributed by atoms with Gasteiger partial charge in [0.2, 0.25) is 0 Å². The van der Waals surface area contributed by atoms with Gasteiger partial charge in [0.15, 0.2) is 5.78 Å². The van der Waals surface area contributed by atoms with Crippen molar-refractivity contribution in [1.29, 1.82) is 0 Å². The Morgan fingerprint density at radius 2 is 1.89 bits per heavy atom. The van der Waals surface area contributed by atoms with E-state index in [1.807, 2.05) is 6.92 Å². The van der Waals surface area contributed by atoms with Crippen molar-refractivity contribution in [2.24, 2.45) is 5.41 Å². The van der Waals surface area contributed by atoms with Crippen LogP contribution in [0, 0.1) is 12.3 Å². The van der Waals surface area contributed by atoms with Crippen LogP contribution in [0.25, 0.3) is 6.08 Å². The summed E-state index contributed by atoms with van der Waals surface area (Å²) in [7, 11) is 0. The average Bonchev–Trinajstić information content (AvgIpc) is 2.59. The Balaban J connectivity index is 2.11. The smallest absolute Gasteiger partial charge is 0.182 e. The lowest BCUT2D eigenvalue weighted by molar-refractivity contribution is -0.110. The third kappa shape index (κ3) is 5.44. The molecule has 0 radical (unpaired) electrons. The van der Waals surface area contributed by atoms with Gasteiger partial charge in [-0.1, -0.05) is 32.1 Å². The van der Waals surface area contributed by atoms with Gasteiger partial charge in [-0.05, 0) is 78.7 Å². The van der Waals surface area contributed by atoms with Gasteiger partial charge in [-0.3, -0.25) is 4.79 Å². The molecule has 0 heterocycles. The van der Waals surface area contributed by atoms with Crippen molar-refractivity contribution in [1.82, 2.24) is 0 Å². The molecular weight excluding hydrogens is 340 g/mol. The van der Waals surface area contributed by atoms with E-state index in [2.05, 4.69) is 13.8 Å². The molecule has 0 saturated carbocycles. The molecule has 1 aromatic carbocycles. The van der Waals surface area contributed by atoms with E-state index in [0.29, 0.717) is 0 Å². The average molecular weight is 368 g/mol. The zero-order valence-electron chi connectivity index (χ0n) is 16.4. The number of phenolic OH excluding ortho intramolecular Hbond substituents is 1. The summed E-state index contributed by atoms with van der Waals surface area (Å²) in [6.45, 7) is 7.88. The molecule has 0 aliphatic heterocycles. The van der Waals surface area contributed by atoms with Gasteiger partial charge in [-0.25, -0.2) is 0 Å². The van der Waals surface area contributed by atoms with Gasteiger partial charge in [-0.15, -0.1) is 0 Å². The summed E-state index contributed by atoms with van der Waals surface area (Å²) < 4.78 is 0. The van der Waals surface area contributed by atoms with Crippen molar-refractivity contribution in [3.8, 4) is 5.75 Å². The molecule has 0 spiro atoms. The minimum atomic E-state index is -0.464. The normalized spacial score (nSPS) is 20.6. The second kappa shape index (κ2) is 8.40. The van der Waals surface area contributed by atoms with E-state index in [1.165, 1.54) is 12.2 Å². The molecule has 2 rings (SSSR count). The Morgan fingerprint density at radius 1 is 1.19 bits per heavy atom. The number of allylic oxidation sites excluding steroid dienone is 5. The van der Waals surface area contributed by atoms with Crippen molar-refractivity contribution in [2.75, 3.05) is 0 Å². The SMILES string of the molecule is CC1=C(/C=C/C(=O)/C=C(O)/C=C/c2ccc(O)c(C)c2)C(C)(C)CCC1O. The fourth-order valence-electron chi connectivity index (χ4n) is 3.29. The molecule has 1 atom stereocenters. The van der Waals surface area contributed by atoms with E-state index in [9.17, 15) is 20.1 Å². The molecule has 0 amide bonds. The van der Waals surface area contributed by atoms with Crippen LogP contribution in [0.4, 0.5) is 0 Å². The van der Waals surface area contributed by atoms with Gasteiger partial charge in [0.1, 0.15) is 11.5 Å². The standard InChI is InChI=1S/C23H28O4/c1-15-13-17(6-10-21(15)26)5-7-18(24)14-19(25)8-9-20-16(2)22(27)11-12-23(20,3)4/h5-10,13-14,22,24,26-27H,11-12H2,1-4H3/b7-5+,9-8+,18-14-. The maximum Gasteiger partial charge on any atom is 0.182 e. The fraction of sp³-hybridized carbons (Fsp3) is 0.348. The molecule has 0 fully saturated rings. The van der Waals surface area contributed by atoms with Crippen LogP contribution in [-0.4, -0.2) is 27.2 Å². The van der Waals surface area contributed by atoms with Crippen molar-refractivity contribution < 1.29 is 20.1 Å². The quantitative estimate of drug-likeness (QED) is 0.397. The number of aryl methyl sites for hydroxylation is 1. The molecular formula is C23H28O4. The van der Waals surface area contributed by atoms with Crippen molar-refractivity contribution >= 4 is 11.9 Å². The van der Waals surface area contributed by atoms with Crippen LogP contribution >= 0.6 is 0 Å². The number of hydrogen-bond acceptors (Lipinski definition) is 4. The molecule has 1 aromatic rings. The number of aromatic hydroxyl groups is 1. The van der Waals surface area contributed by atoms with Gasteiger partial charge < -0.3 is 15.3 Å². The van der Waals surface area contributed by atoms with Gasteiger partial charge >= 0.3 is 0 Å². The van der Waals surface area contributed by atoms with Gasteiger partial charge in [-0.2, -0.15) is 0 Å². The molecule has 0 saturated heterocycles. The molecule has 0 bridgehead atoms. The Bertz CT molecular complexity index is 838. The Kier molecular flexibility index (Phi) is 6.45. The third-order valence-corrected chi connectivity index (χ3v) is 5.07. The summed E-state index contributed by atoms with van der Waals surface area (Å²) in [5, 5.41) is 29.5. The van der Waals surface area contributed by atoms with E-state index in [0.717, 1.165) is 41.2 Å². The molecule has 4 nitrogen and oxygen atoms in total. The number of carbonyl (C=O) groups excluding carboxylic acids is 1. The molecule has 27 heavy (non-hydrogen) atoms. The summed E-state index contributed by atoms with van der Waals surface area (Å²) >= 11 is 0. The zero-order valence-corrected chi connectivity index (χ0v) is 16.4. The Labute approximate surface area is 160 Å². The lowest BCUT2D eigenvalue weighted by Gasteiger charge is -2.35. The van der Waals surface area contributed by atoms with Crippen LogP contribution in [0.3, 0.4) is 0 Å². The highest BCUT2D eigenvalue weighted by Gasteiger charge is 2.30. The molecule has 1 aliphatic rings. The molecule has 144 valence electrons. The highest BCUT2D eigenvalue weighted by molar-refractivity contribution is 6.00. The van der Waals surface area contributed by atoms with E-state index >= 15 is 0 Å². The van der Waals surface area contributed by atoms with Crippen LogP contribution in [-0.2, 0) is 4.79 Å². The van der Waals surface area contributed by atoms with E-state index < -0.39 is 6.10 Å². The van der Waals surface area contributed by atoms with E-state index in [4.69, 9.17) is 0 Å². The molecule has 1 unspecified atom stereocenters. The maximum atomic E-state index is 12.1. The molecule has 1 aliphatic carbocycles. The Hall–Kier alpha value is -2.59. The summed E-state index contributed by atoms with van der Waals surface area (Å²) in [6.07, 6.45) is 8.56. The van der Waals surface area contributed by atoms with Crippen LogP contribution in [0.5, 0.6) is 5.75 Å². The van der Waals surface area contributed by atoms with Crippen LogP contribution in [0.1, 0.15) is 44.7 Å². The highest BCUT2D eigenvalue weighted by atomic mass is 16.3. The lowest BCUT2D eigenvalue weighted by atomic mass is 9.71. The number of aliphatic hydroxyl groups is 2. The third-order valence-electron chi connectivity index (χ3n) is 5.07. The maximum absolute atomic E-state index is 12.1. The predicted octanol–water partition coefficient (Wildman–Crippen LogP) is 4.78. The largest absolute Gasteiger partial charge is 0.508 e.